The number of benzene rings is 1. The molecule has 0 amide bonds. The fraction of sp³-hybridized carbons (Fsp3) is 0.625. The van der Waals surface area contributed by atoms with E-state index in [1.165, 1.54) is 31.4 Å². The zero-order valence-electron chi connectivity index (χ0n) is 12.2. The van der Waals surface area contributed by atoms with Crippen LogP contribution in [0.1, 0.15) is 37.3 Å². The third-order valence-corrected chi connectivity index (χ3v) is 4.17. The lowest BCUT2D eigenvalue weighted by Crippen LogP contribution is -2.32. The van der Waals surface area contributed by atoms with Crippen molar-refractivity contribution in [1.82, 2.24) is 4.90 Å². The molecule has 1 aromatic carbocycles. The maximum Gasteiger partial charge on any atom is 0.123 e. The average Bonchev–Trinajstić information content (AvgIpc) is 2.41. The molecule has 3 nitrogen and oxygen atoms in total. The molecule has 1 fully saturated rings. The Bertz CT molecular complexity index is 402. The second-order valence-corrected chi connectivity index (χ2v) is 5.47. The minimum Gasteiger partial charge on any atom is -0.496 e. The van der Waals surface area contributed by atoms with Gasteiger partial charge in [0.25, 0.3) is 0 Å². The first kappa shape index (κ1) is 14.4. The fourth-order valence-electron chi connectivity index (χ4n) is 2.66. The van der Waals surface area contributed by atoms with Gasteiger partial charge < -0.3 is 10.5 Å². The van der Waals surface area contributed by atoms with Gasteiger partial charge in [-0.05, 0) is 36.9 Å². The molecule has 1 saturated carbocycles. The molecular formula is C16H26N2O. The summed E-state index contributed by atoms with van der Waals surface area (Å²) in [6, 6.07) is 6.39. The summed E-state index contributed by atoms with van der Waals surface area (Å²) in [7, 11) is 1.71. The molecule has 1 aromatic rings. The first-order valence-corrected chi connectivity index (χ1v) is 7.35. The molecule has 0 aromatic heterocycles. The van der Waals surface area contributed by atoms with Crippen LogP contribution in [0.2, 0.25) is 0 Å². The predicted molar refractivity (Wildman–Crippen MR) is 79.2 cm³/mol. The first-order valence-electron chi connectivity index (χ1n) is 7.35. The minimum atomic E-state index is 0.531. The van der Waals surface area contributed by atoms with Gasteiger partial charge in [-0.15, -0.1) is 0 Å². The highest BCUT2D eigenvalue weighted by molar-refractivity contribution is 5.37. The van der Waals surface area contributed by atoms with E-state index in [0.29, 0.717) is 6.54 Å². The fourth-order valence-corrected chi connectivity index (χ4v) is 2.66. The molecule has 2 N–H and O–H groups in total. The van der Waals surface area contributed by atoms with Crippen LogP contribution in [0.15, 0.2) is 18.2 Å². The van der Waals surface area contributed by atoms with E-state index in [0.717, 1.165) is 30.3 Å². The Hall–Kier alpha value is -1.06. The van der Waals surface area contributed by atoms with Crippen molar-refractivity contribution in [3.63, 3.8) is 0 Å². The highest BCUT2D eigenvalue weighted by Crippen LogP contribution is 2.28. The van der Waals surface area contributed by atoms with E-state index in [1.807, 2.05) is 0 Å². The molecule has 0 radical (unpaired) electrons. The van der Waals surface area contributed by atoms with Crippen molar-refractivity contribution in [2.45, 2.75) is 39.3 Å². The molecule has 0 unspecified atom stereocenters. The molecule has 0 atom stereocenters. The first-order chi connectivity index (χ1) is 9.26. The van der Waals surface area contributed by atoms with Gasteiger partial charge in [0.15, 0.2) is 0 Å². The molecule has 2 rings (SSSR count). The number of hydrogen-bond donors (Lipinski definition) is 1. The van der Waals surface area contributed by atoms with E-state index in [9.17, 15) is 0 Å². The second kappa shape index (κ2) is 6.92. The lowest BCUT2D eigenvalue weighted by molar-refractivity contribution is 0.178. The largest absolute Gasteiger partial charge is 0.496 e. The Morgan fingerprint density at radius 1 is 1.37 bits per heavy atom. The van der Waals surface area contributed by atoms with Crippen molar-refractivity contribution in [2.75, 3.05) is 20.2 Å². The monoisotopic (exact) mass is 262 g/mol. The van der Waals surface area contributed by atoms with E-state index < -0.39 is 0 Å². The van der Waals surface area contributed by atoms with Crippen molar-refractivity contribution in [3.05, 3.63) is 29.3 Å². The van der Waals surface area contributed by atoms with Gasteiger partial charge in [0.2, 0.25) is 0 Å². The number of nitrogens with zero attached hydrogens (tertiary/aromatic N) is 1. The molecule has 3 heteroatoms. The number of methoxy groups -OCH3 is 1. The zero-order chi connectivity index (χ0) is 13.7. The van der Waals surface area contributed by atoms with Crippen LogP contribution in [0.25, 0.3) is 0 Å². The second-order valence-electron chi connectivity index (χ2n) is 5.47. The Morgan fingerprint density at radius 2 is 2.16 bits per heavy atom. The summed E-state index contributed by atoms with van der Waals surface area (Å²) in [6.07, 6.45) is 4.24. The number of ether oxygens (including phenoxy) is 1. The van der Waals surface area contributed by atoms with Gasteiger partial charge in [-0.25, -0.2) is 0 Å². The summed E-state index contributed by atoms with van der Waals surface area (Å²) in [5.41, 5.74) is 8.10. The number of nitrogens with two attached hydrogens (primary N) is 1. The Labute approximate surface area is 116 Å². The van der Waals surface area contributed by atoms with Crippen molar-refractivity contribution in [2.24, 2.45) is 11.7 Å². The summed E-state index contributed by atoms with van der Waals surface area (Å²) in [5.74, 6) is 1.84. The Kier molecular flexibility index (Phi) is 5.23. The number of hydrogen-bond acceptors (Lipinski definition) is 3. The van der Waals surface area contributed by atoms with E-state index in [1.54, 1.807) is 7.11 Å². The average molecular weight is 262 g/mol. The molecule has 1 aliphatic carbocycles. The predicted octanol–water partition coefficient (Wildman–Crippen LogP) is 2.78. The standard InChI is InChI=1S/C16H26N2O/c1-3-18(11-13-5-4-6-13)12-14-7-8-15(10-17)16(9-14)19-2/h7-9,13H,3-6,10-12,17H2,1-2H3. The van der Waals surface area contributed by atoms with Crippen LogP contribution in [0.3, 0.4) is 0 Å². The van der Waals surface area contributed by atoms with Crippen LogP contribution in [-0.4, -0.2) is 25.1 Å². The molecule has 0 bridgehead atoms. The van der Waals surface area contributed by atoms with Crippen LogP contribution >= 0.6 is 0 Å². The molecule has 0 aliphatic heterocycles. The minimum absolute atomic E-state index is 0.531. The maximum atomic E-state index is 5.70. The van der Waals surface area contributed by atoms with E-state index in [2.05, 4.69) is 30.0 Å². The molecule has 19 heavy (non-hydrogen) atoms. The normalized spacial score (nSPS) is 15.6. The van der Waals surface area contributed by atoms with Gasteiger partial charge in [0.1, 0.15) is 5.75 Å². The van der Waals surface area contributed by atoms with Crippen molar-refractivity contribution < 1.29 is 4.74 Å². The summed E-state index contributed by atoms with van der Waals surface area (Å²) >= 11 is 0. The molecule has 0 heterocycles. The van der Waals surface area contributed by atoms with Crippen LogP contribution in [-0.2, 0) is 13.1 Å². The third-order valence-electron chi connectivity index (χ3n) is 4.17. The smallest absolute Gasteiger partial charge is 0.123 e. The third kappa shape index (κ3) is 3.71. The van der Waals surface area contributed by atoms with Crippen LogP contribution in [0.5, 0.6) is 5.75 Å². The SMILES string of the molecule is CCN(Cc1ccc(CN)c(OC)c1)CC1CCC1. The summed E-state index contributed by atoms with van der Waals surface area (Å²) < 4.78 is 5.41. The van der Waals surface area contributed by atoms with Gasteiger partial charge in [-0.2, -0.15) is 0 Å². The van der Waals surface area contributed by atoms with E-state index in [-0.39, 0.29) is 0 Å². The maximum absolute atomic E-state index is 5.70. The Balaban J connectivity index is 1.99. The number of rotatable bonds is 7. The van der Waals surface area contributed by atoms with Crippen molar-refractivity contribution in [3.8, 4) is 5.75 Å². The quantitative estimate of drug-likeness (QED) is 0.821. The summed E-state index contributed by atoms with van der Waals surface area (Å²) in [6.45, 7) is 6.12. The van der Waals surface area contributed by atoms with Crippen LogP contribution in [0, 0.1) is 5.92 Å². The molecule has 0 saturated heterocycles. The lowest BCUT2D eigenvalue weighted by Gasteiger charge is -2.31. The molecule has 0 spiro atoms. The van der Waals surface area contributed by atoms with Gasteiger partial charge >= 0.3 is 0 Å². The Morgan fingerprint density at radius 3 is 2.68 bits per heavy atom. The van der Waals surface area contributed by atoms with Gasteiger partial charge in [-0.3, -0.25) is 4.90 Å². The van der Waals surface area contributed by atoms with Gasteiger partial charge in [0.05, 0.1) is 7.11 Å². The van der Waals surface area contributed by atoms with Crippen molar-refractivity contribution in [1.29, 1.82) is 0 Å². The van der Waals surface area contributed by atoms with E-state index in [4.69, 9.17) is 10.5 Å². The summed E-state index contributed by atoms with van der Waals surface area (Å²) in [5, 5.41) is 0. The lowest BCUT2D eigenvalue weighted by atomic mass is 9.85. The molecule has 106 valence electrons. The zero-order valence-corrected chi connectivity index (χ0v) is 12.2. The summed E-state index contributed by atoms with van der Waals surface area (Å²) in [4.78, 5) is 2.53. The topological polar surface area (TPSA) is 38.5 Å². The molecule has 1 aliphatic rings. The van der Waals surface area contributed by atoms with E-state index >= 15 is 0 Å². The van der Waals surface area contributed by atoms with Gasteiger partial charge in [-0.1, -0.05) is 25.5 Å². The van der Waals surface area contributed by atoms with Crippen LogP contribution in [0.4, 0.5) is 0 Å². The van der Waals surface area contributed by atoms with Crippen molar-refractivity contribution >= 4 is 0 Å². The van der Waals surface area contributed by atoms with Crippen LogP contribution < -0.4 is 10.5 Å². The van der Waals surface area contributed by atoms with Gasteiger partial charge in [0, 0.05) is 25.2 Å². The molecular weight excluding hydrogens is 236 g/mol. The highest BCUT2D eigenvalue weighted by atomic mass is 16.5. The highest BCUT2D eigenvalue weighted by Gasteiger charge is 2.20.